The summed E-state index contributed by atoms with van der Waals surface area (Å²) in [5.74, 6) is -0.491. The van der Waals surface area contributed by atoms with Crippen LogP contribution in [0.1, 0.15) is 27.2 Å². The number of hydrogen-bond donors (Lipinski definition) is 0. The zero-order chi connectivity index (χ0) is 19.6. The van der Waals surface area contributed by atoms with E-state index in [0.29, 0.717) is 40.5 Å². The lowest BCUT2D eigenvalue weighted by Gasteiger charge is -2.09. The standard InChI is InChI=1S/C20H15F4NO2/c1-27-19(26)14-4-7-18-15(11-14)12-17(25(18)9-8-21)10-13-2-5-16(6-3-13)20(22,23)24/h2-9,11-12H,10H2,1H3/b9-8+. The molecule has 0 saturated heterocycles. The van der Waals surface area contributed by atoms with Crippen molar-refractivity contribution in [1.82, 2.24) is 4.57 Å². The number of nitrogens with zero attached hydrogens (tertiary/aromatic N) is 1. The molecule has 0 fully saturated rings. The van der Waals surface area contributed by atoms with Crippen LogP contribution in [0.5, 0.6) is 0 Å². The van der Waals surface area contributed by atoms with Gasteiger partial charge in [0.25, 0.3) is 0 Å². The Hall–Kier alpha value is -3.09. The van der Waals surface area contributed by atoms with Gasteiger partial charge in [0.05, 0.1) is 23.8 Å². The lowest BCUT2D eigenvalue weighted by molar-refractivity contribution is -0.137. The fraction of sp³-hybridized carbons (Fsp3) is 0.150. The number of methoxy groups -OCH3 is 1. The molecule has 3 rings (SSSR count). The Morgan fingerprint density at radius 2 is 1.81 bits per heavy atom. The van der Waals surface area contributed by atoms with Gasteiger partial charge in [0.15, 0.2) is 0 Å². The SMILES string of the molecule is COC(=O)c1ccc2c(c1)cc(Cc1ccc(C(F)(F)F)cc1)n2/C=C/F. The normalized spacial score (nSPS) is 12.0. The predicted molar refractivity (Wildman–Crippen MR) is 94.0 cm³/mol. The number of hydrogen-bond acceptors (Lipinski definition) is 2. The lowest BCUT2D eigenvalue weighted by atomic mass is 10.1. The van der Waals surface area contributed by atoms with Crippen LogP contribution in [0.4, 0.5) is 17.6 Å². The minimum Gasteiger partial charge on any atom is -0.465 e. The van der Waals surface area contributed by atoms with E-state index in [0.717, 1.165) is 12.1 Å². The molecule has 0 aliphatic carbocycles. The monoisotopic (exact) mass is 377 g/mol. The van der Waals surface area contributed by atoms with Crippen molar-refractivity contribution >= 4 is 23.1 Å². The van der Waals surface area contributed by atoms with E-state index in [2.05, 4.69) is 0 Å². The third-order valence-corrected chi connectivity index (χ3v) is 4.21. The maximum atomic E-state index is 12.8. The molecule has 0 aliphatic rings. The highest BCUT2D eigenvalue weighted by atomic mass is 19.4. The largest absolute Gasteiger partial charge is 0.465 e. The molecule has 7 heteroatoms. The van der Waals surface area contributed by atoms with E-state index in [1.165, 1.54) is 25.4 Å². The van der Waals surface area contributed by atoms with E-state index in [-0.39, 0.29) is 0 Å². The van der Waals surface area contributed by atoms with Crippen LogP contribution < -0.4 is 0 Å². The second kappa shape index (κ2) is 7.26. The second-order valence-corrected chi connectivity index (χ2v) is 5.92. The summed E-state index contributed by atoms with van der Waals surface area (Å²) in [4.78, 5) is 11.7. The predicted octanol–water partition coefficient (Wildman–Crippen LogP) is 5.44. The number of alkyl halides is 3. The van der Waals surface area contributed by atoms with Gasteiger partial charge in [0, 0.05) is 23.7 Å². The smallest absolute Gasteiger partial charge is 0.416 e. The highest BCUT2D eigenvalue weighted by Crippen LogP contribution is 2.30. The first kappa shape index (κ1) is 18.7. The van der Waals surface area contributed by atoms with E-state index in [4.69, 9.17) is 4.74 Å². The van der Waals surface area contributed by atoms with Gasteiger partial charge < -0.3 is 9.30 Å². The van der Waals surface area contributed by atoms with Crippen molar-refractivity contribution in [3.8, 4) is 0 Å². The Morgan fingerprint density at radius 3 is 2.41 bits per heavy atom. The van der Waals surface area contributed by atoms with Crippen molar-refractivity contribution in [2.45, 2.75) is 12.6 Å². The molecule has 140 valence electrons. The van der Waals surface area contributed by atoms with Crippen LogP contribution in [0.2, 0.25) is 0 Å². The number of rotatable bonds is 4. The summed E-state index contributed by atoms with van der Waals surface area (Å²) in [6.07, 6.45) is -2.50. The molecule has 0 bridgehead atoms. The summed E-state index contributed by atoms with van der Waals surface area (Å²) in [6, 6.07) is 11.4. The van der Waals surface area contributed by atoms with Crippen molar-refractivity contribution in [2.75, 3.05) is 7.11 Å². The number of aromatic nitrogens is 1. The minimum atomic E-state index is -4.39. The first-order valence-corrected chi connectivity index (χ1v) is 7.98. The summed E-state index contributed by atoms with van der Waals surface area (Å²) >= 11 is 0. The highest BCUT2D eigenvalue weighted by molar-refractivity contribution is 5.95. The molecule has 0 saturated carbocycles. The Balaban J connectivity index is 2.00. The summed E-state index contributed by atoms with van der Waals surface area (Å²) < 4.78 is 57.2. The van der Waals surface area contributed by atoms with Gasteiger partial charge in [0.2, 0.25) is 0 Å². The fourth-order valence-electron chi connectivity index (χ4n) is 2.93. The summed E-state index contributed by atoms with van der Waals surface area (Å²) in [6.45, 7) is 0. The van der Waals surface area contributed by atoms with Crippen LogP contribution in [0, 0.1) is 0 Å². The number of carbonyl (C=O) groups is 1. The molecule has 1 aromatic heterocycles. The van der Waals surface area contributed by atoms with E-state index in [9.17, 15) is 22.4 Å². The van der Waals surface area contributed by atoms with Crippen molar-refractivity contribution in [3.05, 3.63) is 77.2 Å². The van der Waals surface area contributed by atoms with Crippen molar-refractivity contribution in [2.24, 2.45) is 0 Å². The van der Waals surface area contributed by atoms with Gasteiger partial charge in [0.1, 0.15) is 6.33 Å². The number of benzene rings is 2. The van der Waals surface area contributed by atoms with Crippen molar-refractivity contribution < 1.29 is 27.1 Å². The van der Waals surface area contributed by atoms with E-state index >= 15 is 0 Å². The Bertz CT molecular complexity index is 1000. The third kappa shape index (κ3) is 3.86. The molecule has 0 unspecified atom stereocenters. The molecule has 0 radical (unpaired) electrons. The first-order chi connectivity index (χ1) is 12.8. The molecule has 1 heterocycles. The maximum absolute atomic E-state index is 12.8. The Labute approximate surface area is 152 Å². The molecule has 27 heavy (non-hydrogen) atoms. The van der Waals surface area contributed by atoms with Crippen molar-refractivity contribution in [1.29, 1.82) is 0 Å². The van der Waals surface area contributed by atoms with E-state index < -0.39 is 17.7 Å². The average molecular weight is 377 g/mol. The number of halogens is 4. The molecule has 0 N–H and O–H groups in total. The molecule has 3 aromatic rings. The maximum Gasteiger partial charge on any atom is 0.416 e. The van der Waals surface area contributed by atoms with Crippen LogP contribution >= 0.6 is 0 Å². The molecular formula is C20H15F4NO2. The van der Waals surface area contributed by atoms with Crippen LogP contribution in [0.25, 0.3) is 17.1 Å². The quantitative estimate of drug-likeness (QED) is 0.448. The number of carbonyl (C=O) groups excluding carboxylic acids is 1. The summed E-state index contributed by atoms with van der Waals surface area (Å²) in [5.41, 5.74) is 1.61. The van der Waals surface area contributed by atoms with Gasteiger partial charge in [-0.25, -0.2) is 9.18 Å². The number of ether oxygens (including phenoxy) is 1. The van der Waals surface area contributed by atoms with Gasteiger partial charge >= 0.3 is 12.1 Å². The van der Waals surface area contributed by atoms with Crippen molar-refractivity contribution in [3.63, 3.8) is 0 Å². The molecule has 0 amide bonds. The van der Waals surface area contributed by atoms with Crippen LogP contribution in [-0.4, -0.2) is 17.6 Å². The van der Waals surface area contributed by atoms with Gasteiger partial charge in [-0.3, -0.25) is 0 Å². The summed E-state index contributed by atoms with van der Waals surface area (Å²) in [7, 11) is 1.28. The van der Waals surface area contributed by atoms with E-state index in [1.807, 2.05) is 0 Å². The van der Waals surface area contributed by atoms with Gasteiger partial charge in [-0.2, -0.15) is 13.2 Å². The average Bonchev–Trinajstić information content (AvgIpc) is 2.97. The van der Waals surface area contributed by atoms with Crippen LogP contribution in [0.3, 0.4) is 0 Å². The first-order valence-electron chi connectivity index (χ1n) is 7.98. The van der Waals surface area contributed by atoms with Gasteiger partial charge in [-0.15, -0.1) is 0 Å². The Morgan fingerprint density at radius 1 is 1.11 bits per heavy atom. The topological polar surface area (TPSA) is 31.2 Å². The lowest BCUT2D eigenvalue weighted by Crippen LogP contribution is -2.04. The molecule has 0 atom stereocenters. The minimum absolute atomic E-state index is 0.296. The summed E-state index contributed by atoms with van der Waals surface area (Å²) in [5, 5.41) is 0.693. The van der Waals surface area contributed by atoms with E-state index in [1.54, 1.807) is 28.8 Å². The fourth-order valence-corrected chi connectivity index (χ4v) is 2.93. The van der Waals surface area contributed by atoms with Gasteiger partial charge in [-0.1, -0.05) is 12.1 Å². The molecular weight excluding hydrogens is 362 g/mol. The molecule has 2 aromatic carbocycles. The van der Waals surface area contributed by atoms with Gasteiger partial charge in [-0.05, 0) is 42.0 Å². The number of fused-ring (bicyclic) bond motifs is 1. The molecule has 3 nitrogen and oxygen atoms in total. The van der Waals surface area contributed by atoms with Crippen LogP contribution in [0.15, 0.2) is 54.9 Å². The third-order valence-electron chi connectivity index (χ3n) is 4.21. The number of esters is 1. The second-order valence-electron chi connectivity index (χ2n) is 5.92. The zero-order valence-corrected chi connectivity index (χ0v) is 14.3. The molecule has 0 spiro atoms. The highest BCUT2D eigenvalue weighted by Gasteiger charge is 2.29. The zero-order valence-electron chi connectivity index (χ0n) is 14.3. The Kier molecular flexibility index (Phi) is 5.03. The van der Waals surface area contributed by atoms with Crippen LogP contribution in [-0.2, 0) is 17.3 Å². The molecule has 0 aliphatic heterocycles.